The number of benzene rings is 1. The first-order valence-corrected chi connectivity index (χ1v) is 7.36. The molecular weight excluding hydrogens is 242 g/mol. The summed E-state index contributed by atoms with van der Waals surface area (Å²) >= 11 is 6.24. The Morgan fingerprint density at radius 1 is 1.06 bits per heavy atom. The second kappa shape index (κ2) is 5.46. The van der Waals surface area contributed by atoms with Gasteiger partial charge in [-0.25, -0.2) is 0 Å². The van der Waals surface area contributed by atoms with E-state index in [0.29, 0.717) is 18.0 Å². The van der Waals surface area contributed by atoms with Gasteiger partial charge < -0.3 is 5.32 Å². The number of nitrogens with one attached hydrogen (secondary N) is 1. The Bertz CT molecular complexity index is 434. The minimum atomic E-state index is 0.662. The van der Waals surface area contributed by atoms with Gasteiger partial charge in [-0.3, -0.25) is 0 Å². The molecule has 0 heterocycles. The topological polar surface area (TPSA) is 12.0 Å². The zero-order chi connectivity index (χ0) is 12.4. The van der Waals surface area contributed by atoms with E-state index < -0.39 is 0 Å². The van der Waals surface area contributed by atoms with Crippen molar-refractivity contribution in [2.24, 2.45) is 0 Å². The van der Waals surface area contributed by atoms with Gasteiger partial charge in [0.1, 0.15) is 0 Å². The maximum atomic E-state index is 6.24. The SMILES string of the molecule is Clc1ccccc1C1CC(NC2CC=CCC2)C1. The van der Waals surface area contributed by atoms with Crippen LogP contribution in [0.25, 0.3) is 0 Å². The predicted octanol–water partition coefficient (Wildman–Crippen LogP) is 4.28. The maximum Gasteiger partial charge on any atom is 0.0440 e. The molecule has 1 N–H and O–H groups in total. The van der Waals surface area contributed by atoms with Gasteiger partial charge in [0.2, 0.25) is 0 Å². The Labute approximate surface area is 114 Å². The first-order chi connectivity index (χ1) is 8.83. The molecule has 96 valence electrons. The van der Waals surface area contributed by atoms with Crippen molar-refractivity contribution < 1.29 is 0 Å². The van der Waals surface area contributed by atoms with Crippen LogP contribution in [0.4, 0.5) is 0 Å². The Balaban J connectivity index is 1.51. The van der Waals surface area contributed by atoms with Gasteiger partial charge in [-0.2, -0.15) is 0 Å². The largest absolute Gasteiger partial charge is 0.311 e. The molecule has 0 bridgehead atoms. The lowest BCUT2D eigenvalue weighted by molar-refractivity contribution is 0.258. The average Bonchev–Trinajstić information content (AvgIpc) is 2.36. The van der Waals surface area contributed by atoms with Crippen LogP contribution in [0.1, 0.15) is 43.6 Å². The van der Waals surface area contributed by atoms with Gasteiger partial charge in [-0.05, 0) is 49.7 Å². The minimum Gasteiger partial charge on any atom is -0.311 e. The summed E-state index contributed by atoms with van der Waals surface area (Å²) in [5.41, 5.74) is 1.33. The molecule has 2 aliphatic carbocycles. The fraction of sp³-hybridized carbons (Fsp3) is 0.500. The van der Waals surface area contributed by atoms with E-state index in [4.69, 9.17) is 11.6 Å². The van der Waals surface area contributed by atoms with Crippen molar-refractivity contribution >= 4 is 11.6 Å². The molecule has 1 fully saturated rings. The third-order valence-electron chi connectivity index (χ3n) is 4.22. The minimum absolute atomic E-state index is 0.662. The molecule has 1 unspecified atom stereocenters. The summed E-state index contributed by atoms with van der Waals surface area (Å²) < 4.78 is 0. The molecule has 0 amide bonds. The maximum absolute atomic E-state index is 6.24. The van der Waals surface area contributed by atoms with Crippen molar-refractivity contribution in [1.82, 2.24) is 5.32 Å². The highest BCUT2D eigenvalue weighted by Crippen LogP contribution is 2.40. The first-order valence-electron chi connectivity index (χ1n) is 6.98. The van der Waals surface area contributed by atoms with Gasteiger partial charge in [0, 0.05) is 17.1 Å². The lowest BCUT2D eigenvalue weighted by Crippen LogP contribution is -2.45. The molecule has 0 saturated heterocycles. The van der Waals surface area contributed by atoms with Crippen LogP contribution in [0.5, 0.6) is 0 Å². The van der Waals surface area contributed by atoms with E-state index in [9.17, 15) is 0 Å². The summed E-state index contributed by atoms with van der Waals surface area (Å²) in [6.45, 7) is 0. The van der Waals surface area contributed by atoms with Gasteiger partial charge in [0.15, 0.2) is 0 Å². The van der Waals surface area contributed by atoms with Crippen LogP contribution in [0.3, 0.4) is 0 Å². The quantitative estimate of drug-likeness (QED) is 0.801. The van der Waals surface area contributed by atoms with Gasteiger partial charge in [0.05, 0.1) is 0 Å². The van der Waals surface area contributed by atoms with Crippen LogP contribution in [0.2, 0.25) is 5.02 Å². The lowest BCUT2D eigenvalue weighted by atomic mass is 9.75. The van der Waals surface area contributed by atoms with E-state index >= 15 is 0 Å². The molecule has 0 radical (unpaired) electrons. The van der Waals surface area contributed by atoms with Crippen LogP contribution in [0, 0.1) is 0 Å². The summed E-state index contributed by atoms with van der Waals surface area (Å²) in [7, 11) is 0. The standard InChI is InChI=1S/C16H20ClN/c17-16-9-5-4-8-15(16)12-10-14(11-12)18-13-6-2-1-3-7-13/h1-2,4-5,8-9,12-14,18H,3,6-7,10-11H2. The van der Waals surface area contributed by atoms with Crippen LogP contribution in [-0.4, -0.2) is 12.1 Å². The molecule has 3 rings (SSSR count). The fourth-order valence-corrected chi connectivity index (χ4v) is 3.38. The molecule has 0 spiro atoms. The Kier molecular flexibility index (Phi) is 3.72. The molecule has 1 aromatic carbocycles. The predicted molar refractivity (Wildman–Crippen MR) is 77.1 cm³/mol. The van der Waals surface area contributed by atoms with E-state index in [0.717, 1.165) is 5.02 Å². The molecular formula is C16H20ClN. The highest BCUT2D eigenvalue weighted by atomic mass is 35.5. The number of halogens is 1. The van der Waals surface area contributed by atoms with Crippen molar-refractivity contribution in [2.45, 2.75) is 50.1 Å². The number of hydrogen-bond acceptors (Lipinski definition) is 1. The van der Waals surface area contributed by atoms with E-state index in [1.54, 1.807) is 0 Å². The Morgan fingerprint density at radius 3 is 2.61 bits per heavy atom. The van der Waals surface area contributed by atoms with Gasteiger partial charge in [0.25, 0.3) is 0 Å². The molecule has 2 heteroatoms. The fourth-order valence-electron chi connectivity index (χ4n) is 3.09. The van der Waals surface area contributed by atoms with Crippen molar-refractivity contribution in [2.75, 3.05) is 0 Å². The smallest absolute Gasteiger partial charge is 0.0440 e. The highest BCUT2D eigenvalue weighted by molar-refractivity contribution is 6.31. The van der Waals surface area contributed by atoms with Gasteiger partial charge >= 0.3 is 0 Å². The molecule has 18 heavy (non-hydrogen) atoms. The number of allylic oxidation sites excluding steroid dienone is 1. The summed E-state index contributed by atoms with van der Waals surface area (Å²) in [6.07, 6.45) is 10.8. The molecule has 0 aromatic heterocycles. The highest BCUT2D eigenvalue weighted by Gasteiger charge is 2.32. The summed E-state index contributed by atoms with van der Waals surface area (Å²) in [5.74, 6) is 0.662. The molecule has 0 aliphatic heterocycles. The van der Waals surface area contributed by atoms with E-state index in [1.807, 2.05) is 12.1 Å². The third kappa shape index (κ3) is 2.62. The normalized spacial score (nSPS) is 31.1. The summed E-state index contributed by atoms with van der Waals surface area (Å²) in [6, 6.07) is 9.67. The van der Waals surface area contributed by atoms with Crippen molar-refractivity contribution in [3.05, 3.63) is 47.0 Å². The van der Waals surface area contributed by atoms with Crippen molar-refractivity contribution in [1.29, 1.82) is 0 Å². The molecule has 1 saturated carbocycles. The van der Waals surface area contributed by atoms with Crippen LogP contribution in [0.15, 0.2) is 36.4 Å². The summed E-state index contributed by atoms with van der Waals surface area (Å²) in [4.78, 5) is 0. The average molecular weight is 262 g/mol. The zero-order valence-corrected chi connectivity index (χ0v) is 11.4. The lowest BCUT2D eigenvalue weighted by Gasteiger charge is -2.39. The van der Waals surface area contributed by atoms with Crippen LogP contribution < -0.4 is 5.32 Å². The van der Waals surface area contributed by atoms with E-state index in [1.165, 1.54) is 37.7 Å². The second-order valence-corrected chi connectivity index (χ2v) is 5.94. The number of hydrogen-bond donors (Lipinski definition) is 1. The third-order valence-corrected chi connectivity index (χ3v) is 4.57. The second-order valence-electron chi connectivity index (χ2n) is 5.53. The van der Waals surface area contributed by atoms with E-state index in [2.05, 4.69) is 29.6 Å². The van der Waals surface area contributed by atoms with Crippen molar-refractivity contribution in [3.63, 3.8) is 0 Å². The summed E-state index contributed by atoms with van der Waals surface area (Å²) in [5, 5.41) is 4.71. The molecule has 1 aromatic rings. The van der Waals surface area contributed by atoms with Gasteiger partial charge in [-0.15, -0.1) is 0 Å². The molecule has 1 atom stereocenters. The number of rotatable bonds is 3. The molecule has 1 nitrogen and oxygen atoms in total. The van der Waals surface area contributed by atoms with Gasteiger partial charge in [-0.1, -0.05) is 42.0 Å². The Hall–Kier alpha value is -0.790. The van der Waals surface area contributed by atoms with Crippen LogP contribution >= 0.6 is 11.6 Å². The van der Waals surface area contributed by atoms with Crippen molar-refractivity contribution in [3.8, 4) is 0 Å². The Morgan fingerprint density at radius 2 is 1.89 bits per heavy atom. The van der Waals surface area contributed by atoms with E-state index in [-0.39, 0.29) is 0 Å². The van der Waals surface area contributed by atoms with Crippen LogP contribution in [-0.2, 0) is 0 Å². The monoisotopic (exact) mass is 261 g/mol. The molecule has 2 aliphatic rings. The first kappa shape index (κ1) is 12.3. The zero-order valence-electron chi connectivity index (χ0n) is 10.6.